The van der Waals surface area contributed by atoms with Crippen molar-refractivity contribution in [2.45, 2.75) is 6.54 Å². The topological polar surface area (TPSA) is 79.7 Å². The van der Waals surface area contributed by atoms with Crippen LogP contribution in [0.3, 0.4) is 0 Å². The second-order valence-electron chi connectivity index (χ2n) is 4.01. The smallest absolute Gasteiger partial charge is 0.254 e. The molecule has 1 amide bonds. The number of aromatic hydroxyl groups is 1. The van der Waals surface area contributed by atoms with Crippen molar-refractivity contribution in [3.05, 3.63) is 47.9 Å². The van der Waals surface area contributed by atoms with E-state index in [2.05, 4.69) is 0 Å². The summed E-state index contributed by atoms with van der Waals surface area (Å²) in [5.41, 5.74) is 6.12. The Hall–Kier alpha value is -2.43. The van der Waals surface area contributed by atoms with Crippen LogP contribution in [-0.2, 0) is 6.54 Å². The van der Waals surface area contributed by atoms with Gasteiger partial charge >= 0.3 is 0 Å². The van der Waals surface area contributed by atoms with Gasteiger partial charge in [0.05, 0.1) is 18.5 Å². The summed E-state index contributed by atoms with van der Waals surface area (Å²) in [7, 11) is 1.66. The molecule has 18 heavy (non-hydrogen) atoms. The SMILES string of the molecule is CN(Cc1ccco1)C(=O)c1ccc(N)c(O)c1. The standard InChI is InChI=1S/C13H14N2O3/c1-15(8-10-3-2-6-18-10)13(17)9-4-5-11(14)12(16)7-9/h2-7,16H,8,14H2,1H3. The van der Waals surface area contributed by atoms with Crippen molar-refractivity contribution in [3.8, 4) is 5.75 Å². The first kappa shape index (κ1) is 12.0. The van der Waals surface area contributed by atoms with Gasteiger partial charge in [0, 0.05) is 12.6 Å². The molecule has 2 aromatic rings. The first-order chi connectivity index (χ1) is 8.58. The van der Waals surface area contributed by atoms with Crippen LogP contribution in [0.4, 0.5) is 5.69 Å². The Bertz CT molecular complexity index is 549. The molecule has 0 fully saturated rings. The predicted molar refractivity (Wildman–Crippen MR) is 67.0 cm³/mol. The molecular formula is C13H14N2O3. The van der Waals surface area contributed by atoms with Crippen LogP contribution in [-0.4, -0.2) is 23.0 Å². The molecule has 0 saturated carbocycles. The maximum atomic E-state index is 12.1. The number of carbonyl (C=O) groups excluding carboxylic acids is 1. The zero-order valence-corrected chi connectivity index (χ0v) is 9.96. The first-order valence-electron chi connectivity index (χ1n) is 5.44. The van der Waals surface area contributed by atoms with E-state index in [4.69, 9.17) is 10.2 Å². The third kappa shape index (κ3) is 2.45. The monoisotopic (exact) mass is 246 g/mol. The van der Waals surface area contributed by atoms with Crippen LogP contribution in [0.5, 0.6) is 5.75 Å². The summed E-state index contributed by atoms with van der Waals surface area (Å²) in [5, 5.41) is 9.47. The Morgan fingerprint density at radius 1 is 1.44 bits per heavy atom. The van der Waals surface area contributed by atoms with Crippen LogP contribution >= 0.6 is 0 Å². The zero-order valence-electron chi connectivity index (χ0n) is 9.96. The molecule has 0 aliphatic carbocycles. The molecule has 1 heterocycles. The average Bonchev–Trinajstić information content (AvgIpc) is 2.84. The fourth-order valence-electron chi connectivity index (χ4n) is 1.61. The lowest BCUT2D eigenvalue weighted by molar-refractivity contribution is 0.0775. The molecule has 0 atom stereocenters. The Kier molecular flexibility index (Phi) is 3.23. The predicted octanol–water partition coefficient (Wildman–Crippen LogP) is 1.84. The Balaban J connectivity index is 2.12. The molecule has 5 nitrogen and oxygen atoms in total. The van der Waals surface area contributed by atoms with Crippen LogP contribution in [0.25, 0.3) is 0 Å². The van der Waals surface area contributed by atoms with E-state index in [-0.39, 0.29) is 17.3 Å². The first-order valence-corrected chi connectivity index (χ1v) is 5.44. The van der Waals surface area contributed by atoms with Gasteiger partial charge in [0.1, 0.15) is 11.5 Å². The molecule has 1 aromatic carbocycles. The van der Waals surface area contributed by atoms with Gasteiger partial charge in [-0.1, -0.05) is 0 Å². The molecule has 94 valence electrons. The minimum absolute atomic E-state index is 0.0905. The molecule has 5 heteroatoms. The fraction of sp³-hybridized carbons (Fsp3) is 0.154. The molecule has 0 saturated heterocycles. The highest BCUT2D eigenvalue weighted by atomic mass is 16.3. The minimum atomic E-state index is -0.207. The van der Waals surface area contributed by atoms with Gasteiger partial charge in [-0.05, 0) is 30.3 Å². The molecule has 0 unspecified atom stereocenters. The van der Waals surface area contributed by atoms with E-state index in [1.165, 1.54) is 17.0 Å². The number of nitrogens with two attached hydrogens (primary N) is 1. The van der Waals surface area contributed by atoms with E-state index < -0.39 is 0 Å². The number of amides is 1. The van der Waals surface area contributed by atoms with Gasteiger partial charge in [-0.2, -0.15) is 0 Å². The number of hydrogen-bond acceptors (Lipinski definition) is 4. The third-order valence-corrected chi connectivity index (χ3v) is 2.60. The summed E-state index contributed by atoms with van der Waals surface area (Å²) in [4.78, 5) is 13.6. The van der Waals surface area contributed by atoms with Gasteiger partial charge in [0.2, 0.25) is 0 Å². The van der Waals surface area contributed by atoms with Gasteiger partial charge in [0.25, 0.3) is 5.91 Å². The molecule has 0 aliphatic heterocycles. The molecule has 0 spiro atoms. The fourth-order valence-corrected chi connectivity index (χ4v) is 1.61. The van der Waals surface area contributed by atoms with E-state index >= 15 is 0 Å². The lowest BCUT2D eigenvalue weighted by Crippen LogP contribution is -2.25. The van der Waals surface area contributed by atoms with Crippen LogP contribution < -0.4 is 5.73 Å². The summed E-state index contributed by atoms with van der Waals surface area (Å²) >= 11 is 0. The number of anilines is 1. The lowest BCUT2D eigenvalue weighted by atomic mass is 10.1. The summed E-state index contributed by atoms with van der Waals surface area (Å²) in [5.74, 6) is 0.402. The van der Waals surface area contributed by atoms with Crippen LogP contribution in [0.2, 0.25) is 0 Å². The van der Waals surface area contributed by atoms with Gasteiger partial charge in [-0.3, -0.25) is 4.79 Å². The van der Waals surface area contributed by atoms with Crippen molar-refractivity contribution in [1.29, 1.82) is 0 Å². The van der Waals surface area contributed by atoms with Crippen LogP contribution in [0, 0.1) is 0 Å². The molecule has 0 bridgehead atoms. The minimum Gasteiger partial charge on any atom is -0.506 e. The Morgan fingerprint density at radius 3 is 2.83 bits per heavy atom. The van der Waals surface area contributed by atoms with Crippen molar-refractivity contribution in [3.63, 3.8) is 0 Å². The van der Waals surface area contributed by atoms with E-state index in [1.54, 1.807) is 31.5 Å². The number of phenolic OH excluding ortho intramolecular Hbond substituents is 1. The number of nitrogens with zero attached hydrogens (tertiary/aromatic N) is 1. The second kappa shape index (κ2) is 4.83. The summed E-state index contributed by atoms with van der Waals surface area (Å²) in [6.07, 6.45) is 1.56. The van der Waals surface area contributed by atoms with E-state index in [9.17, 15) is 9.90 Å². The van der Waals surface area contributed by atoms with Crippen LogP contribution in [0.15, 0.2) is 41.0 Å². The Morgan fingerprint density at radius 2 is 2.22 bits per heavy atom. The van der Waals surface area contributed by atoms with Gasteiger partial charge < -0.3 is 20.2 Å². The summed E-state index contributed by atoms with van der Waals surface area (Å²) < 4.78 is 5.17. The number of hydrogen-bond donors (Lipinski definition) is 2. The number of nitrogen functional groups attached to an aromatic ring is 1. The summed E-state index contributed by atoms with van der Waals surface area (Å²) in [6.45, 7) is 0.372. The number of benzene rings is 1. The van der Waals surface area contributed by atoms with Crippen molar-refractivity contribution < 1.29 is 14.3 Å². The van der Waals surface area contributed by atoms with E-state index in [0.717, 1.165) is 0 Å². The Labute approximate surface area is 104 Å². The van der Waals surface area contributed by atoms with Crippen molar-refractivity contribution in [1.82, 2.24) is 4.90 Å². The highest BCUT2D eigenvalue weighted by molar-refractivity contribution is 5.95. The third-order valence-electron chi connectivity index (χ3n) is 2.60. The lowest BCUT2D eigenvalue weighted by Gasteiger charge is -2.16. The quantitative estimate of drug-likeness (QED) is 0.639. The molecule has 1 aromatic heterocycles. The maximum absolute atomic E-state index is 12.1. The summed E-state index contributed by atoms with van der Waals surface area (Å²) in [6, 6.07) is 8.00. The van der Waals surface area contributed by atoms with E-state index in [1.807, 2.05) is 0 Å². The van der Waals surface area contributed by atoms with Gasteiger partial charge in [-0.15, -0.1) is 0 Å². The highest BCUT2D eigenvalue weighted by Gasteiger charge is 2.14. The number of rotatable bonds is 3. The van der Waals surface area contributed by atoms with Crippen molar-refractivity contribution >= 4 is 11.6 Å². The molecule has 2 rings (SSSR count). The average molecular weight is 246 g/mol. The van der Waals surface area contributed by atoms with Crippen molar-refractivity contribution in [2.75, 3.05) is 12.8 Å². The molecule has 3 N–H and O–H groups in total. The maximum Gasteiger partial charge on any atom is 0.254 e. The van der Waals surface area contributed by atoms with Gasteiger partial charge in [-0.25, -0.2) is 0 Å². The molecule has 0 aliphatic rings. The number of furan rings is 1. The number of carbonyl (C=O) groups is 1. The van der Waals surface area contributed by atoms with Crippen LogP contribution in [0.1, 0.15) is 16.1 Å². The number of phenols is 1. The van der Waals surface area contributed by atoms with Gasteiger partial charge in [0.15, 0.2) is 0 Å². The normalized spacial score (nSPS) is 10.3. The highest BCUT2D eigenvalue weighted by Crippen LogP contribution is 2.21. The zero-order chi connectivity index (χ0) is 13.1. The molecule has 0 radical (unpaired) electrons. The second-order valence-corrected chi connectivity index (χ2v) is 4.01. The molecular weight excluding hydrogens is 232 g/mol. The van der Waals surface area contributed by atoms with Crippen molar-refractivity contribution in [2.24, 2.45) is 0 Å². The largest absolute Gasteiger partial charge is 0.506 e. The van der Waals surface area contributed by atoms with E-state index in [0.29, 0.717) is 17.9 Å².